The maximum Gasteiger partial charge on any atom is 0.228 e. The van der Waals surface area contributed by atoms with Gasteiger partial charge in [-0.2, -0.15) is 0 Å². The van der Waals surface area contributed by atoms with E-state index in [-0.39, 0.29) is 17.9 Å². The number of rotatable bonds is 6. The van der Waals surface area contributed by atoms with E-state index in [4.69, 9.17) is 4.74 Å². The van der Waals surface area contributed by atoms with E-state index in [1.165, 1.54) is 0 Å². The molecule has 5 heteroatoms. The van der Waals surface area contributed by atoms with Crippen LogP contribution in [0.25, 0.3) is 0 Å². The normalized spacial score (nSPS) is 19.2. The Morgan fingerprint density at radius 1 is 1.38 bits per heavy atom. The number of carbonyl (C=O) groups is 1. The molecule has 3 rings (SSSR count). The van der Waals surface area contributed by atoms with Crippen LogP contribution in [0.3, 0.4) is 0 Å². The third-order valence-corrected chi connectivity index (χ3v) is 5.30. The zero-order valence-electron chi connectivity index (χ0n) is 14.1. The van der Waals surface area contributed by atoms with E-state index in [1.54, 1.807) is 11.3 Å². The van der Waals surface area contributed by atoms with Gasteiger partial charge in [-0.25, -0.2) is 4.98 Å². The average molecular weight is 344 g/mol. The highest BCUT2D eigenvalue weighted by Gasteiger charge is 2.31. The van der Waals surface area contributed by atoms with Gasteiger partial charge in [0.2, 0.25) is 5.91 Å². The van der Waals surface area contributed by atoms with Crippen LogP contribution in [0.1, 0.15) is 42.8 Å². The molecule has 1 aliphatic rings. The lowest BCUT2D eigenvalue weighted by Crippen LogP contribution is -2.42. The van der Waals surface area contributed by atoms with Gasteiger partial charge in [0.1, 0.15) is 5.01 Å². The van der Waals surface area contributed by atoms with E-state index in [0.29, 0.717) is 13.2 Å². The van der Waals surface area contributed by atoms with Crippen molar-refractivity contribution in [2.75, 3.05) is 13.2 Å². The van der Waals surface area contributed by atoms with Gasteiger partial charge in [0.25, 0.3) is 0 Å². The lowest BCUT2D eigenvalue weighted by Gasteiger charge is -2.36. The highest BCUT2D eigenvalue weighted by atomic mass is 32.1. The Hall–Kier alpha value is -1.72. The maximum absolute atomic E-state index is 12.9. The summed E-state index contributed by atoms with van der Waals surface area (Å²) in [6.07, 6.45) is 5.07. The summed E-state index contributed by atoms with van der Waals surface area (Å²) in [7, 11) is 0. The van der Waals surface area contributed by atoms with Crippen molar-refractivity contribution in [3.63, 3.8) is 0 Å². The van der Waals surface area contributed by atoms with E-state index < -0.39 is 0 Å². The molecule has 1 fully saturated rings. The van der Waals surface area contributed by atoms with Gasteiger partial charge < -0.3 is 9.64 Å². The smallest absolute Gasteiger partial charge is 0.228 e. The van der Waals surface area contributed by atoms with E-state index in [1.807, 2.05) is 53.7 Å². The number of benzene rings is 1. The summed E-state index contributed by atoms with van der Waals surface area (Å²) in [6, 6.07) is 10.2. The number of carbonyl (C=O) groups excluding carboxylic acids is 1. The molecule has 1 amide bonds. The predicted octanol–water partition coefficient (Wildman–Crippen LogP) is 4.05. The first kappa shape index (κ1) is 17.1. The quantitative estimate of drug-likeness (QED) is 0.794. The first-order chi connectivity index (χ1) is 11.8. The Kier molecular flexibility index (Phi) is 5.99. The largest absolute Gasteiger partial charge is 0.376 e. The highest BCUT2D eigenvalue weighted by Crippen LogP contribution is 2.33. The van der Waals surface area contributed by atoms with E-state index >= 15 is 0 Å². The standard InChI is InChI=1S/C19H24N2O2S/c1-15(13-23-14-16-7-3-2-4-8-16)19(22)21-11-6-5-9-17(21)18-20-10-12-24-18/h2-4,7-8,10,12,15,17H,5-6,9,11,13-14H2,1H3/t15-,17+/m1/s1. The summed E-state index contributed by atoms with van der Waals surface area (Å²) in [4.78, 5) is 19.3. The molecule has 0 unspecified atom stereocenters. The maximum atomic E-state index is 12.9. The van der Waals surface area contributed by atoms with Crippen LogP contribution in [0.15, 0.2) is 41.9 Å². The van der Waals surface area contributed by atoms with Gasteiger partial charge in [0, 0.05) is 18.1 Å². The summed E-state index contributed by atoms with van der Waals surface area (Å²) in [5, 5.41) is 3.04. The Morgan fingerprint density at radius 2 is 2.21 bits per heavy atom. The molecule has 0 aliphatic carbocycles. The van der Waals surface area contributed by atoms with Crippen LogP contribution >= 0.6 is 11.3 Å². The van der Waals surface area contributed by atoms with Gasteiger partial charge in [-0.3, -0.25) is 4.79 Å². The third-order valence-electron chi connectivity index (χ3n) is 4.42. The minimum absolute atomic E-state index is 0.130. The SMILES string of the molecule is C[C@H](COCc1ccccc1)C(=O)N1CCCC[C@H]1c1nccs1. The van der Waals surface area contributed by atoms with E-state index in [9.17, 15) is 4.79 Å². The summed E-state index contributed by atoms with van der Waals surface area (Å²) in [5.74, 6) is 0.0530. The Bertz CT molecular complexity index is 630. The molecule has 128 valence electrons. The molecule has 4 nitrogen and oxygen atoms in total. The van der Waals surface area contributed by atoms with Crippen LogP contribution in [0.5, 0.6) is 0 Å². The second-order valence-corrected chi connectivity index (χ2v) is 7.24. The second-order valence-electron chi connectivity index (χ2n) is 6.32. The van der Waals surface area contributed by atoms with Crippen molar-refractivity contribution in [2.45, 2.75) is 38.8 Å². The molecule has 0 radical (unpaired) electrons. The molecule has 2 aromatic rings. The van der Waals surface area contributed by atoms with Gasteiger partial charge in [-0.05, 0) is 24.8 Å². The molecule has 24 heavy (non-hydrogen) atoms. The minimum Gasteiger partial charge on any atom is -0.376 e. The van der Waals surface area contributed by atoms with Crippen molar-refractivity contribution < 1.29 is 9.53 Å². The summed E-state index contributed by atoms with van der Waals surface area (Å²) >= 11 is 1.64. The number of amides is 1. The molecule has 0 bridgehead atoms. The van der Waals surface area contributed by atoms with Gasteiger partial charge >= 0.3 is 0 Å². The average Bonchev–Trinajstić information content (AvgIpc) is 3.16. The van der Waals surface area contributed by atoms with Crippen LogP contribution in [-0.2, 0) is 16.1 Å². The highest BCUT2D eigenvalue weighted by molar-refractivity contribution is 7.09. The lowest BCUT2D eigenvalue weighted by molar-refractivity contribution is -0.141. The zero-order valence-corrected chi connectivity index (χ0v) is 14.9. The molecule has 1 saturated heterocycles. The fourth-order valence-electron chi connectivity index (χ4n) is 3.13. The van der Waals surface area contributed by atoms with Gasteiger partial charge in [0.15, 0.2) is 0 Å². The van der Waals surface area contributed by atoms with Crippen LogP contribution in [0, 0.1) is 5.92 Å². The van der Waals surface area contributed by atoms with Crippen molar-refractivity contribution >= 4 is 17.2 Å². The van der Waals surface area contributed by atoms with E-state index in [2.05, 4.69) is 4.98 Å². The van der Waals surface area contributed by atoms with Crippen molar-refractivity contribution in [3.8, 4) is 0 Å². The number of aromatic nitrogens is 1. The van der Waals surface area contributed by atoms with Crippen LogP contribution in [0.2, 0.25) is 0 Å². The Balaban J connectivity index is 1.55. The summed E-state index contributed by atoms with van der Waals surface area (Å²) in [5.41, 5.74) is 1.13. The van der Waals surface area contributed by atoms with Crippen molar-refractivity contribution in [2.24, 2.45) is 5.92 Å². The second kappa shape index (κ2) is 8.40. The number of likely N-dealkylation sites (tertiary alicyclic amines) is 1. The van der Waals surface area contributed by atoms with Crippen molar-refractivity contribution in [1.82, 2.24) is 9.88 Å². The molecule has 0 saturated carbocycles. The zero-order chi connectivity index (χ0) is 16.8. The number of hydrogen-bond acceptors (Lipinski definition) is 4. The van der Waals surface area contributed by atoms with Gasteiger partial charge in [-0.1, -0.05) is 37.3 Å². The first-order valence-corrected chi connectivity index (χ1v) is 9.45. The molecule has 2 atom stereocenters. The number of hydrogen-bond donors (Lipinski definition) is 0. The number of nitrogens with zero attached hydrogens (tertiary/aromatic N) is 2. The Labute approximate surface area is 147 Å². The fourth-order valence-corrected chi connectivity index (χ4v) is 3.92. The molecule has 1 aliphatic heterocycles. The lowest BCUT2D eigenvalue weighted by atomic mass is 10.00. The van der Waals surface area contributed by atoms with Crippen LogP contribution in [0.4, 0.5) is 0 Å². The summed E-state index contributed by atoms with van der Waals surface area (Å²) in [6.45, 7) is 3.79. The molecule has 1 aromatic heterocycles. The summed E-state index contributed by atoms with van der Waals surface area (Å²) < 4.78 is 5.76. The molecule has 1 aromatic carbocycles. The van der Waals surface area contributed by atoms with E-state index in [0.717, 1.165) is 36.4 Å². The molecule has 2 heterocycles. The number of piperidine rings is 1. The fraction of sp³-hybridized carbons (Fsp3) is 0.474. The molecule has 0 N–H and O–H groups in total. The first-order valence-electron chi connectivity index (χ1n) is 8.57. The van der Waals surface area contributed by atoms with Crippen LogP contribution in [-0.4, -0.2) is 28.9 Å². The molecular weight excluding hydrogens is 320 g/mol. The Morgan fingerprint density at radius 3 is 2.96 bits per heavy atom. The predicted molar refractivity (Wildman–Crippen MR) is 95.7 cm³/mol. The van der Waals surface area contributed by atoms with Crippen molar-refractivity contribution in [3.05, 3.63) is 52.5 Å². The third kappa shape index (κ3) is 4.22. The molecule has 0 spiro atoms. The monoisotopic (exact) mass is 344 g/mol. The minimum atomic E-state index is -0.130. The topological polar surface area (TPSA) is 42.4 Å². The van der Waals surface area contributed by atoms with Crippen molar-refractivity contribution in [1.29, 1.82) is 0 Å². The molecular formula is C19H24N2O2S. The number of thiazole rings is 1. The number of ether oxygens (including phenoxy) is 1. The van der Waals surface area contributed by atoms with Crippen LogP contribution < -0.4 is 0 Å². The van der Waals surface area contributed by atoms with Gasteiger partial charge in [0.05, 0.1) is 25.2 Å². The van der Waals surface area contributed by atoms with Gasteiger partial charge in [-0.15, -0.1) is 11.3 Å².